The third-order valence-corrected chi connectivity index (χ3v) is 2.69. The van der Waals surface area contributed by atoms with Crippen LogP contribution in [0.1, 0.15) is 58.8 Å². The number of likely N-dealkylation sites (N-methyl/N-ethyl adjacent to an activating group) is 1. The number of nitrogens with zero attached hydrogens (tertiary/aromatic N) is 1. The van der Waals surface area contributed by atoms with Gasteiger partial charge in [0.15, 0.2) is 0 Å². The monoisotopic (exact) mass is 243 g/mol. The van der Waals surface area contributed by atoms with Gasteiger partial charge in [-0.3, -0.25) is 4.79 Å². The molecule has 0 rings (SSSR count). The van der Waals surface area contributed by atoms with Crippen LogP contribution in [0.15, 0.2) is 0 Å². The summed E-state index contributed by atoms with van der Waals surface area (Å²) in [6.45, 7) is 4.95. The Balaban J connectivity index is 3.40. The number of hydrogen-bond acceptors (Lipinski definition) is 3. The molecule has 0 aliphatic rings. The Bertz CT molecular complexity index is 193. The third-order valence-electron chi connectivity index (χ3n) is 2.69. The molecule has 17 heavy (non-hydrogen) atoms. The third kappa shape index (κ3) is 11.7. The van der Waals surface area contributed by atoms with E-state index in [1.54, 1.807) is 0 Å². The maximum atomic E-state index is 11.5. The van der Waals surface area contributed by atoms with Gasteiger partial charge in [0, 0.05) is 13.0 Å². The zero-order chi connectivity index (χ0) is 13.1. The van der Waals surface area contributed by atoms with E-state index in [0.717, 1.165) is 19.4 Å². The van der Waals surface area contributed by atoms with E-state index in [-0.39, 0.29) is 12.1 Å². The molecule has 0 amide bonds. The first-order valence-corrected chi connectivity index (χ1v) is 6.90. The summed E-state index contributed by atoms with van der Waals surface area (Å²) >= 11 is 0. The lowest BCUT2D eigenvalue weighted by Crippen LogP contribution is -2.27. The van der Waals surface area contributed by atoms with Crippen LogP contribution >= 0.6 is 0 Å². The minimum atomic E-state index is -0.0464. The highest BCUT2D eigenvalue weighted by Crippen LogP contribution is 2.08. The molecule has 0 N–H and O–H groups in total. The van der Waals surface area contributed by atoms with Crippen molar-refractivity contribution in [3.8, 4) is 0 Å². The summed E-state index contributed by atoms with van der Waals surface area (Å²) in [5.74, 6) is -0.0464. The average molecular weight is 243 g/mol. The van der Waals surface area contributed by atoms with Gasteiger partial charge >= 0.3 is 5.97 Å². The van der Waals surface area contributed by atoms with E-state index >= 15 is 0 Å². The minimum Gasteiger partial charge on any atom is -0.461 e. The smallest absolute Gasteiger partial charge is 0.306 e. The van der Waals surface area contributed by atoms with Gasteiger partial charge in [-0.05, 0) is 27.4 Å². The highest BCUT2D eigenvalue weighted by molar-refractivity contribution is 5.69. The normalized spacial score (nSPS) is 12.8. The molecule has 0 aromatic carbocycles. The molecule has 3 nitrogen and oxygen atoms in total. The Kier molecular flexibility index (Phi) is 10.2. The van der Waals surface area contributed by atoms with E-state index in [9.17, 15) is 4.79 Å². The fourth-order valence-corrected chi connectivity index (χ4v) is 1.88. The van der Waals surface area contributed by atoms with Crippen molar-refractivity contribution >= 4 is 5.97 Å². The van der Waals surface area contributed by atoms with Gasteiger partial charge in [0.25, 0.3) is 0 Å². The molecule has 3 heteroatoms. The number of rotatable bonds is 10. The van der Waals surface area contributed by atoms with Gasteiger partial charge in [-0.1, -0.05) is 39.0 Å². The van der Waals surface area contributed by atoms with Crippen LogP contribution in [-0.2, 0) is 9.53 Å². The molecule has 0 aliphatic heterocycles. The number of unbranched alkanes of at least 4 members (excludes halogenated alkanes) is 5. The van der Waals surface area contributed by atoms with Crippen molar-refractivity contribution in [2.75, 3.05) is 20.6 Å². The van der Waals surface area contributed by atoms with Gasteiger partial charge in [-0.15, -0.1) is 0 Å². The van der Waals surface area contributed by atoms with Gasteiger partial charge in [-0.2, -0.15) is 0 Å². The van der Waals surface area contributed by atoms with Crippen LogP contribution in [0.4, 0.5) is 0 Å². The topological polar surface area (TPSA) is 29.5 Å². The van der Waals surface area contributed by atoms with Gasteiger partial charge < -0.3 is 9.64 Å². The van der Waals surface area contributed by atoms with Crippen molar-refractivity contribution in [3.63, 3.8) is 0 Å². The minimum absolute atomic E-state index is 0.00223. The molecule has 0 heterocycles. The molecule has 0 aromatic rings. The largest absolute Gasteiger partial charge is 0.461 e. The van der Waals surface area contributed by atoms with Gasteiger partial charge in [-0.25, -0.2) is 0 Å². The Hall–Kier alpha value is -0.570. The van der Waals surface area contributed by atoms with Crippen LogP contribution in [0.2, 0.25) is 0 Å². The fraction of sp³-hybridized carbons (Fsp3) is 0.929. The van der Waals surface area contributed by atoms with Crippen molar-refractivity contribution in [2.24, 2.45) is 0 Å². The van der Waals surface area contributed by atoms with Crippen LogP contribution in [-0.4, -0.2) is 37.6 Å². The Morgan fingerprint density at radius 3 is 2.29 bits per heavy atom. The molecule has 0 spiro atoms. The molecular weight excluding hydrogens is 214 g/mol. The number of ether oxygens (including phenoxy) is 1. The Morgan fingerprint density at radius 2 is 1.71 bits per heavy atom. The zero-order valence-corrected chi connectivity index (χ0v) is 12.0. The van der Waals surface area contributed by atoms with E-state index in [1.165, 1.54) is 25.7 Å². The van der Waals surface area contributed by atoms with E-state index in [2.05, 4.69) is 6.92 Å². The van der Waals surface area contributed by atoms with Crippen molar-refractivity contribution < 1.29 is 9.53 Å². The van der Waals surface area contributed by atoms with Gasteiger partial charge in [0.2, 0.25) is 0 Å². The first-order valence-electron chi connectivity index (χ1n) is 6.90. The second-order valence-electron chi connectivity index (χ2n) is 5.08. The zero-order valence-electron chi connectivity index (χ0n) is 12.0. The fourth-order valence-electron chi connectivity index (χ4n) is 1.88. The number of carbonyl (C=O) groups excluding carboxylic acids is 1. The maximum absolute atomic E-state index is 11.5. The van der Waals surface area contributed by atoms with Crippen LogP contribution in [0.3, 0.4) is 0 Å². The van der Waals surface area contributed by atoms with Crippen molar-refractivity contribution in [2.45, 2.75) is 64.9 Å². The van der Waals surface area contributed by atoms with E-state index in [1.807, 2.05) is 25.9 Å². The molecule has 0 aliphatic carbocycles. The summed E-state index contributed by atoms with van der Waals surface area (Å²) in [7, 11) is 3.97. The first-order chi connectivity index (χ1) is 8.06. The van der Waals surface area contributed by atoms with Crippen molar-refractivity contribution in [1.29, 1.82) is 0 Å². The summed E-state index contributed by atoms with van der Waals surface area (Å²) in [6.07, 6.45) is 7.81. The Morgan fingerprint density at radius 1 is 1.12 bits per heavy atom. The van der Waals surface area contributed by atoms with Crippen LogP contribution < -0.4 is 0 Å². The lowest BCUT2D eigenvalue weighted by Gasteiger charge is -2.17. The predicted octanol–water partition coefficient (Wildman–Crippen LogP) is 3.23. The molecular formula is C14H29NO2. The summed E-state index contributed by atoms with van der Waals surface area (Å²) in [5, 5.41) is 0. The Labute approximate surface area is 107 Å². The number of esters is 1. The maximum Gasteiger partial charge on any atom is 0.306 e. The van der Waals surface area contributed by atoms with Crippen LogP contribution in [0, 0.1) is 0 Å². The lowest BCUT2D eigenvalue weighted by molar-refractivity contribution is -0.148. The predicted molar refractivity (Wildman–Crippen MR) is 72.1 cm³/mol. The second kappa shape index (κ2) is 10.6. The van der Waals surface area contributed by atoms with Crippen molar-refractivity contribution in [3.05, 3.63) is 0 Å². The summed E-state index contributed by atoms with van der Waals surface area (Å²) < 4.78 is 5.31. The molecule has 1 unspecified atom stereocenters. The molecule has 0 bridgehead atoms. The molecule has 1 atom stereocenters. The van der Waals surface area contributed by atoms with Crippen molar-refractivity contribution in [1.82, 2.24) is 4.90 Å². The van der Waals surface area contributed by atoms with Gasteiger partial charge in [0.1, 0.15) is 6.10 Å². The van der Waals surface area contributed by atoms with E-state index in [4.69, 9.17) is 4.74 Å². The first kappa shape index (κ1) is 16.4. The van der Waals surface area contributed by atoms with Crippen LogP contribution in [0.5, 0.6) is 0 Å². The highest BCUT2D eigenvalue weighted by atomic mass is 16.5. The SMILES string of the molecule is CCCCCCCCC(=O)OC(C)CN(C)C. The highest BCUT2D eigenvalue weighted by Gasteiger charge is 2.09. The number of hydrogen-bond donors (Lipinski definition) is 0. The summed E-state index contributed by atoms with van der Waals surface area (Å²) in [5.41, 5.74) is 0. The van der Waals surface area contributed by atoms with Gasteiger partial charge in [0.05, 0.1) is 0 Å². The molecule has 0 aromatic heterocycles. The summed E-state index contributed by atoms with van der Waals surface area (Å²) in [6, 6.07) is 0. The molecule has 0 saturated heterocycles. The average Bonchev–Trinajstić information content (AvgIpc) is 2.21. The quantitative estimate of drug-likeness (QED) is 0.436. The van der Waals surface area contributed by atoms with Crippen LogP contribution in [0.25, 0.3) is 0 Å². The second-order valence-corrected chi connectivity index (χ2v) is 5.08. The summed E-state index contributed by atoms with van der Waals surface area (Å²) in [4.78, 5) is 13.5. The molecule has 102 valence electrons. The molecule has 0 fully saturated rings. The standard InChI is InChI=1S/C14H29NO2/c1-5-6-7-8-9-10-11-14(16)17-13(2)12-15(3)4/h13H,5-12H2,1-4H3. The molecule has 0 radical (unpaired) electrons. The van der Waals surface area contributed by atoms with E-state index < -0.39 is 0 Å². The van der Waals surface area contributed by atoms with E-state index in [0.29, 0.717) is 6.42 Å². The number of carbonyl (C=O) groups is 1. The molecule has 0 saturated carbocycles. The lowest BCUT2D eigenvalue weighted by atomic mass is 10.1.